The van der Waals surface area contributed by atoms with Crippen LogP contribution in [0.3, 0.4) is 0 Å². The highest BCUT2D eigenvalue weighted by molar-refractivity contribution is 6.30. The first-order chi connectivity index (χ1) is 12.9. The first kappa shape index (κ1) is 19.7. The number of rotatable bonds is 5. The third kappa shape index (κ3) is 4.82. The number of benzene rings is 2. The lowest BCUT2D eigenvalue weighted by Gasteiger charge is -2.45. The van der Waals surface area contributed by atoms with E-state index < -0.39 is 11.7 Å². The van der Waals surface area contributed by atoms with Gasteiger partial charge in [-0.2, -0.15) is 0 Å². The number of likely N-dealkylation sites (tertiary alicyclic amines) is 1. The standard InChI is InChI=1S/C22H26ClNO3/c1-16(2)14-22(26)11-12-24(21(25)17-7-6-8-18(23)13-17)15-20(22)27-19-9-4-3-5-10-19/h3-10,13,16,20,26H,11-12,14-15H2,1-2H3/t20-,22+/m0/s1. The Morgan fingerprint density at radius 3 is 2.67 bits per heavy atom. The Hall–Kier alpha value is -2.04. The van der Waals surface area contributed by atoms with Gasteiger partial charge in [0, 0.05) is 17.1 Å². The molecule has 0 bridgehead atoms. The Balaban J connectivity index is 1.81. The topological polar surface area (TPSA) is 49.8 Å². The van der Waals surface area contributed by atoms with Gasteiger partial charge in [-0.05, 0) is 49.1 Å². The number of piperidine rings is 1. The Labute approximate surface area is 165 Å². The molecule has 27 heavy (non-hydrogen) atoms. The van der Waals surface area contributed by atoms with Crippen molar-refractivity contribution in [1.82, 2.24) is 4.90 Å². The summed E-state index contributed by atoms with van der Waals surface area (Å²) in [5.74, 6) is 0.930. The van der Waals surface area contributed by atoms with Crippen molar-refractivity contribution >= 4 is 17.5 Å². The molecule has 1 aliphatic heterocycles. The van der Waals surface area contributed by atoms with Crippen LogP contribution in [0.1, 0.15) is 37.0 Å². The smallest absolute Gasteiger partial charge is 0.254 e. The second-order valence-corrected chi connectivity index (χ2v) is 8.07. The molecule has 0 unspecified atom stereocenters. The summed E-state index contributed by atoms with van der Waals surface area (Å²) in [6.07, 6.45) is 0.623. The minimum atomic E-state index is -0.963. The fraction of sp³-hybridized carbons (Fsp3) is 0.409. The summed E-state index contributed by atoms with van der Waals surface area (Å²) in [6, 6.07) is 16.4. The number of ether oxygens (including phenoxy) is 1. The fourth-order valence-electron chi connectivity index (χ4n) is 3.69. The number of carbonyl (C=O) groups excluding carboxylic acids is 1. The first-order valence-electron chi connectivity index (χ1n) is 9.36. The van der Waals surface area contributed by atoms with Crippen LogP contribution < -0.4 is 4.74 Å². The van der Waals surface area contributed by atoms with E-state index in [1.54, 1.807) is 29.2 Å². The van der Waals surface area contributed by atoms with E-state index in [1.165, 1.54) is 0 Å². The molecule has 1 saturated heterocycles. The van der Waals surface area contributed by atoms with Crippen molar-refractivity contribution in [3.8, 4) is 5.75 Å². The lowest BCUT2D eigenvalue weighted by molar-refractivity contribution is -0.111. The molecule has 1 aliphatic rings. The molecule has 2 aromatic rings. The molecule has 2 aromatic carbocycles. The van der Waals surface area contributed by atoms with Crippen molar-refractivity contribution in [2.45, 2.75) is 38.4 Å². The van der Waals surface area contributed by atoms with Crippen LogP contribution in [0.4, 0.5) is 0 Å². The molecule has 1 amide bonds. The van der Waals surface area contributed by atoms with Crippen molar-refractivity contribution in [3.05, 3.63) is 65.2 Å². The van der Waals surface area contributed by atoms with Gasteiger partial charge in [-0.15, -0.1) is 0 Å². The maximum atomic E-state index is 12.9. The van der Waals surface area contributed by atoms with Gasteiger partial charge in [0.15, 0.2) is 0 Å². The summed E-state index contributed by atoms with van der Waals surface area (Å²) in [7, 11) is 0. The van der Waals surface area contributed by atoms with Crippen LogP contribution >= 0.6 is 11.6 Å². The average molecular weight is 388 g/mol. The van der Waals surface area contributed by atoms with Gasteiger partial charge in [-0.1, -0.05) is 49.7 Å². The minimum absolute atomic E-state index is 0.0919. The zero-order valence-corrected chi connectivity index (χ0v) is 16.5. The second kappa shape index (κ2) is 8.32. The van der Waals surface area contributed by atoms with E-state index in [0.29, 0.717) is 48.2 Å². The molecule has 0 spiro atoms. The van der Waals surface area contributed by atoms with E-state index in [9.17, 15) is 9.90 Å². The van der Waals surface area contributed by atoms with E-state index in [0.717, 1.165) is 0 Å². The molecule has 0 saturated carbocycles. The summed E-state index contributed by atoms with van der Waals surface area (Å²) >= 11 is 6.03. The lowest BCUT2D eigenvalue weighted by atomic mass is 9.81. The summed E-state index contributed by atoms with van der Waals surface area (Å²) in [4.78, 5) is 14.7. The fourth-order valence-corrected chi connectivity index (χ4v) is 3.88. The van der Waals surface area contributed by atoms with E-state index in [4.69, 9.17) is 16.3 Å². The Morgan fingerprint density at radius 1 is 1.26 bits per heavy atom. The number of hydrogen-bond acceptors (Lipinski definition) is 3. The van der Waals surface area contributed by atoms with Crippen LogP contribution in [0.2, 0.25) is 5.02 Å². The predicted octanol–water partition coefficient (Wildman–Crippen LogP) is 4.41. The molecule has 2 atom stereocenters. The van der Waals surface area contributed by atoms with Crippen molar-refractivity contribution < 1.29 is 14.6 Å². The van der Waals surface area contributed by atoms with E-state index in [-0.39, 0.29) is 5.91 Å². The quantitative estimate of drug-likeness (QED) is 0.826. The number of halogens is 1. The van der Waals surface area contributed by atoms with Crippen molar-refractivity contribution in [1.29, 1.82) is 0 Å². The van der Waals surface area contributed by atoms with Crippen LogP contribution in [-0.2, 0) is 0 Å². The molecule has 0 radical (unpaired) electrons. The molecule has 144 valence electrons. The van der Waals surface area contributed by atoms with Gasteiger partial charge in [0.25, 0.3) is 5.91 Å². The SMILES string of the molecule is CC(C)C[C@]1(O)CCN(C(=O)c2cccc(Cl)c2)C[C@@H]1Oc1ccccc1. The van der Waals surface area contributed by atoms with Crippen LogP contribution in [0.15, 0.2) is 54.6 Å². The Morgan fingerprint density at radius 2 is 2.00 bits per heavy atom. The van der Waals surface area contributed by atoms with Gasteiger partial charge in [-0.3, -0.25) is 4.79 Å². The second-order valence-electron chi connectivity index (χ2n) is 7.63. The number of amides is 1. The predicted molar refractivity (Wildman–Crippen MR) is 107 cm³/mol. The molecule has 3 rings (SSSR count). The molecular weight excluding hydrogens is 362 g/mol. The Kier molecular flexibility index (Phi) is 6.08. The number of para-hydroxylation sites is 1. The first-order valence-corrected chi connectivity index (χ1v) is 9.74. The van der Waals surface area contributed by atoms with Crippen molar-refractivity contribution in [3.63, 3.8) is 0 Å². The largest absolute Gasteiger partial charge is 0.486 e. The minimum Gasteiger partial charge on any atom is -0.486 e. The zero-order chi connectivity index (χ0) is 19.4. The summed E-state index contributed by atoms with van der Waals surface area (Å²) in [6.45, 7) is 4.99. The van der Waals surface area contributed by atoms with Crippen LogP contribution in [0.5, 0.6) is 5.75 Å². The van der Waals surface area contributed by atoms with E-state index >= 15 is 0 Å². The molecule has 1 heterocycles. The van der Waals surface area contributed by atoms with Crippen LogP contribution in [-0.4, -0.2) is 40.7 Å². The molecule has 4 nitrogen and oxygen atoms in total. The van der Waals surface area contributed by atoms with Gasteiger partial charge in [0.05, 0.1) is 6.54 Å². The highest BCUT2D eigenvalue weighted by Gasteiger charge is 2.44. The Bertz CT molecular complexity index is 780. The number of nitrogens with zero attached hydrogens (tertiary/aromatic N) is 1. The molecule has 0 aromatic heterocycles. The van der Waals surface area contributed by atoms with Gasteiger partial charge in [-0.25, -0.2) is 0 Å². The normalized spacial score (nSPS) is 22.7. The van der Waals surface area contributed by atoms with Gasteiger partial charge >= 0.3 is 0 Å². The van der Waals surface area contributed by atoms with Crippen LogP contribution in [0, 0.1) is 5.92 Å². The van der Waals surface area contributed by atoms with Gasteiger partial charge < -0.3 is 14.7 Å². The number of aliphatic hydroxyl groups is 1. The van der Waals surface area contributed by atoms with E-state index in [2.05, 4.69) is 13.8 Å². The third-order valence-corrected chi connectivity index (χ3v) is 5.18. The summed E-state index contributed by atoms with van der Waals surface area (Å²) in [5.41, 5.74) is -0.412. The summed E-state index contributed by atoms with van der Waals surface area (Å²) in [5, 5.41) is 11.8. The number of carbonyl (C=O) groups is 1. The van der Waals surface area contributed by atoms with Crippen molar-refractivity contribution in [2.24, 2.45) is 5.92 Å². The maximum Gasteiger partial charge on any atom is 0.254 e. The maximum absolute atomic E-state index is 12.9. The average Bonchev–Trinajstić information content (AvgIpc) is 2.63. The lowest BCUT2D eigenvalue weighted by Crippen LogP contribution is -2.59. The monoisotopic (exact) mass is 387 g/mol. The van der Waals surface area contributed by atoms with E-state index in [1.807, 2.05) is 30.3 Å². The number of hydrogen-bond donors (Lipinski definition) is 1. The molecule has 1 N–H and O–H groups in total. The summed E-state index contributed by atoms with van der Waals surface area (Å²) < 4.78 is 6.14. The molecule has 1 fully saturated rings. The third-order valence-electron chi connectivity index (χ3n) is 4.94. The molecule has 0 aliphatic carbocycles. The molecular formula is C22H26ClNO3. The van der Waals surface area contributed by atoms with Gasteiger partial charge in [0.2, 0.25) is 0 Å². The van der Waals surface area contributed by atoms with Crippen LogP contribution in [0.25, 0.3) is 0 Å². The highest BCUT2D eigenvalue weighted by atomic mass is 35.5. The highest BCUT2D eigenvalue weighted by Crippen LogP contribution is 2.33. The van der Waals surface area contributed by atoms with Crippen molar-refractivity contribution in [2.75, 3.05) is 13.1 Å². The molecule has 5 heteroatoms. The zero-order valence-electron chi connectivity index (χ0n) is 15.8. The van der Waals surface area contributed by atoms with Gasteiger partial charge in [0.1, 0.15) is 17.5 Å².